The van der Waals surface area contributed by atoms with Crippen molar-refractivity contribution >= 4 is 61.9 Å². The van der Waals surface area contributed by atoms with Crippen LogP contribution in [0, 0.1) is 6.92 Å². The van der Waals surface area contributed by atoms with Gasteiger partial charge in [0.2, 0.25) is 0 Å². The Labute approximate surface area is 459 Å². The molecule has 4 aliphatic rings. The number of fused-ring (bicyclic) bond motifs is 1. The first kappa shape index (κ1) is 63.5. The molecule has 4 aliphatic heterocycles. The van der Waals surface area contributed by atoms with E-state index in [1.165, 1.54) is 48.7 Å². The molecule has 79 heavy (non-hydrogen) atoms. The molecule has 5 aromatic heterocycles. The van der Waals surface area contributed by atoms with Gasteiger partial charge < -0.3 is 78.0 Å². The van der Waals surface area contributed by atoms with Crippen LogP contribution >= 0.6 is 33.3 Å². The summed E-state index contributed by atoms with van der Waals surface area (Å²) >= 11 is 1.61. The molecule has 0 saturated carbocycles. The molecule has 15 atom stereocenters. The fourth-order valence-corrected chi connectivity index (χ4v) is 11.3. The SMILES string of the molecule is Cc1cn([C@H]2C[C@H](O[P+](=O)OC[C@H]3O[C@@H](n4ccc(N)nc4=O)C[C@@H]3OP(=O)(O)OC[C@H]3O[C@@H](n4cnc5c(N)ncnc54)C[C@@H]3O)[C@@H](COP(=O)(O)O[C@H]3C[C@H](n4ccc(N)nc4=O)O[C@@H]3CO)O2)c(=O)[n-]c1=O.N.N.[Cl][Pt+]. The van der Waals surface area contributed by atoms with Gasteiger partial charge in [-0.15, -0.1) is 9.05 Å². The number of aryl methyl sites for hydroxylation is 1. The molecule has 36 nitrogen and oxygen atoms in total. The normalized spacial score (nSPS) is 28.3. The third-order valence-electron chi connectivity index (χ3n) is 12.3. The van der Waals surface area contributed by atoms with Crippen molar-refractivity contribution in [1.29, 1.82) is 0 Å². The van der Waals surface area contributed by atoms with Gasteiger partial charge in [0, 0.05) is 42.6 Å². The van der Waals surface area contributed by atoms with Crippen LogP contribution in [0.3, 0.4) is 0 Å². The molecule has 0 aliphatic carbocycles. The van der Waals surface area contributed by atoms with Crippen LogP contribution < -0.4 is 57.1 Å². The van der Waals surface area contributed by atoms with Crippen molar-refractivity contribution in [2.75, 3.05) is 43.6 Å². The van der Waals surface area contributed by atoms with Gasteiger partial charge in [-0.3, -0.25) is 41.4 Å². The number of aliphatic hydroxyl groups is 2. The zero-order chi connectivity index (χ0) is 55.5. The number of nitrogens with zero attached hydrogens (tertiary/aromatic N) is 10. The van der Waals surface area contributed by atoms with E-state index in [9.17, 15) is 52.9 Å². The number of nitrogen functional groups attached to an aromatic ring is 3. The molecule has 9 rings (SSSR count). The number of rotatable bonds is 20. The average Bonchev–Trinajstić information content (AvgIpc) is 4.29. The molecule has 16 N–H and O–H groups in total. The molecule has 5 aromatic rings. The second kappa shape index (κ2) is 26.9. The summed E-state index contributed by atoms with van der Waals surface area (Å²) in [4.78, 5) is 95.0. The number of aromatic nitrogens is 10. The fraction of sp³-hybridized carbons (Fsp3) is 0.553. The van der Waals surface area contributed by atoms with Gasteiger partial charge in [-0.1, -0.05) is 6.20 Å². The standard InChI is InChI=1S/C38H48N13O21P3.ClH.2H3N.Pt/c1-17-10-50(38(57)47-35(17)54)31-7-19(25(69-31)14-65-75(61,62)71-20-8-29(66-22(20)11-52)48-4-2-26(39)45-36(48)55)70-73(58)63-12-24-21(9-30(68-24)49-5-3-27(40)46-37(49)56)72-74(59,60)64-13-23-18(53)6-28(67-23)51-16-44-32-33(41)42-15-43-34(32)51;;;;/h2-5,10,15-16,18-25,28-31,52-53H,6-9,11-14H2,1H3,(H8-,39,40,41,42,43,45,46,47,54,55,56,57,59,60,61,62);1H;2*1H3;/q;;;;+2/p-1/t18-,19-,20-,21-,22+,23+,24+,25+,28+,29+,30+,31+;;;;/m0..../s1. The van der Waals surface area contributed by atoms with E-state index in [0.717, 1.165) is 19.9 Å². The van der Waals surface area contributed by atoms with E-state index in [2.05, 4.69) is 39.3 Å². The number of ether oxygens (including phenoxy) is 4. The molecule has 4 fully saturated rings. The Kier molecular flexibility index (Phi) is 21.6. The molecule has 41 heteroatoms. The van der Waals surface area contributed by atoms with E-state index in [-0.39, 0.29) is 61.0 Å². The predicted octanol–water partition coefficient (Wildman–Crippen LogP) is -0.848. The second-order valence-corrected chi connectivity index (χ2v) is 21.0. The topological polar surface area (TPSA) is 539 Å². The molecule has 0 amide bonds. The van der Waals surface area contributed by atoms with E-state index in [0.29, 0.717) is 11.2 Å². The molecule has 9 heterocycles. The summed E-state index contributed by atoms with van der Waals surface area (Å²) in [6.07, 6.45) is -9.54. The number of nitrogens with two attached hydrogens (primary N) is 3. The Hall–Kier alpha value is -4.71. The van der Waals surface area contributed by atoms with Gasteiger partial charge in [-0.05, 0) is 24.6 Å². The Morgan fingerprint density at radius 1 is 0.747 bits per heavy atom. The summed E-state index contributed by atoms with van der Waals surface area (Å²) in [5.74, 6) is -0.0691. The Morgan fingerprint density at radius 3 is 1.84 bits per heavy atom. The quantitative estimate of drug-likeness (QED) is 0.0429. The van der Waals surface area contributed by atoms with Crippen molar-refractivity contribution in [3.63, 3.8) is 0 Å². The zero-order valence-corrected chi connectivity index (χ0v) is 46.7. The van der Waals surface area contributed by atoms with E-state index < -0.39 is 147 Å². The summed E-state index contributed by atoms with van der Waals surface area (Å²) < 4.78 is 101. The molecular formula is C38H54ClN15O21P3Pt+. The van der Waals surface area contributed by atoms with E-state index >= 15 is 0 Å². The average molecular weight is 1380 g/mol. The molecular weight excluding hydrogens is 1330 g/mol. The maximum absolute atomic E-state index is 13.6. The van der Waals surface area contributed by atoms with Crippen LogP contribution in [0.1, 0.15) is 56.2 Å². The van der Waals surface area contributed by atoms with E-state index in [4.69, 9.17) is 63.3 Å². The Morgan fingerprint density at radius 2 is 1.25 bits per heavy atom. The van der Waals surface area contributed by atoms with E-state index in [1.807, 2.05) is 0 Å². The summed E-state index contributed by atoms with van der Waals surface area (Å²) in [5.41, 5.74) is 14.3. The minimum atomic E-state index is -5.11. The molecule has 0 radical (unpaired) electrons. The van der Waals surface area contributed by atoms with Crippen molar-refractivity contribution in [2.45, 2.75) is 106 Å². The summed E-state index contributed by atoms with van der Waals surface area (Å²) in [6, 6.07) is 2.61. The molecule has 3 unspecified atom stereocenters. The number of anilines is 3. The Balaban J connectivity index is 0.00000249. The monoisotopic (exact) mass is 1380 g/mol. The number of phosphoric acid groups is 2. The maximum atomic E-state index is 13.6. The number of halogens is 1. The Bertz CT molecular complexity index is 3290. The van der Waals surface area contributed by atoms with Gasteiger partial charge >= 0.3 is 63.5 Å². The zero-order valence-electron chi connectivity index (χ0n) is 41.0. The molecule has 0 bridgehead atoms. The second-order valence-electron chi connectivity index (χ2n) is 17.3. The number of phosphoric ester groups is 2. The molecule has 4 saturated heterocycles. The van der Waals surface area contributed by atoms with Crippen LogP contribution in [-0.4, -0.2) is 138 Å². The van der Waals surface area contributed by atoms with Crippen molar-refractivity contribution in [1.82, 2.24) is 60.5 Å². The molecule has 0 aromatic carbocycles. The van der Waals surface area contributed by atoms with E-state index in [1.54, 1.807) is 18.8 Å². The number of aliphatic hydroxyl groups excluding tert-OH is 2. The molecule has 0 spiro atoms. The van der Waals surface area contributed by atoms with Gasteiger partial charge in [0.15, 0.2) is 22.7 Å². The van der Waals surface area contributed by atoms with Crippen LogP contribution in [0.2, 0.25) is 0 Å². The third kappa shape index (κ3) is 15.1. The number of imidazole rings is 1. The first-order chi connectivity index (χ1) is 36.6. The van der Waals surface area contributed by atoms with Crippen molar-refractivity contribution in [2.24, 2.45) is 0 Å². The van der Waals surface area contributed by atoms with Crippen molar-refractivity contribution < 1.29 is 98.6 Å². The van der Waals surface area contributed by atoms with Gasteiger partial charge in [-0.2, -0.15) is 9.97 Å². The summed E-state index contributed by atoms with van der Waals surface area (Å²) in [6.45, 7) is -1.54. The number of hydrogen-bond acceptors (Lipinski definition) is 29. The van der Waals surface area contributed by atoms with Crippen LogP contribution in [-0.2, 0) is 78.6 Å². The third-order valence-corrected chi connectivity index (χ3v) is 15.1. The first-order valence-electron chi connectivity index (χ1n) is 22.6. The van der Waals surface area contributed by atoms with Crippen molar-refractivity contribution in [3.05, 3.63) is 90.7 Å². The van der Waals surface area contributed by atoms with Gasteiger partial charge in [0.05, 0.1) is 38.5 Å². The van der Waals surface area contributed by atoms with Gasteiger partial charge in [0.1, 0.15) is 91.5 Å². The van der Waals surface area contributed by atoms with Crippen LogP contribution in [0.4, 0.5) is 17.5 Å². The number of hydrogen-bond donors (Lipinski definition) is 9. The van der Waals surface area contributed by atoms with Gasteiger partial charge in [0.25, 0.3) is 0 Å². The van der Waals surface area contributed by atoms with Crippen LogP contribution in [0.25, 0.3) is 11.2 Å². The van der Waals surface area contributed by atoms with Crippen molar-refractivity contribution in [3.8, 4) is 0 Å². The van der Waals surface area contributed by atoms with Crippen LogP contribution in [0.15, 0.2) is 62.6 Å². The van der Waals surface area contributed by atoms with Gasteiger partial charge in [-0.25, -0.2) is 33.7 Å². The summed E-state index contributed by atoms with van der Waals surface area (Å²) in [7, 11) is -8.85. The van der Waals surface area contributed by atoms with Crippen LogP contribution in [0.5, 0.6) is 0 Å². The summed E-state index contributed by atoms with van der Waals surface area (Å²) in [5, 5.41) is 20.8. The fourth-order valence-electron chi connectivity index (χ4n) is 8.59. The predicted molar refractivity (Wildman–Crippen MR) is 263 cm³/mol. The first-order valence-corrected chi connectivity index (χ1v) is 29.5. The molecule has 438 valence electrons. The minimum absolute atomic E-state index is 0.